The Hall–Kier alpha value is -9.23. The van der Waals surface area contributed by atoms with Gasteiger partial charge in [0.1, 0.15) is 23.1 Å². The van der Waals surface area contributed by atoms with Gasteiger partial charge in [-0.15, -0.1) is 35.9 Å². The third-order valence-electron chi connectivity index (χ3n) is 16.1. The minimum absolute atomic E-state index is 0. The molecule has 0 radical (unpaired) electrons. The molecule has 9 heteroatoms. The molecule has 10 aromatic carbocycles. The minimum atomic E-state index is -0.222. The summed E-state index contributed by atoms with van der Waals surface area (Å²) in [5.74, 6) is 2.15. The molecule has 0 saturated carbocycles. The van der Waals surface area contributed by atoms with E-state index in [-0.39, 0.29) is 54.2 Å². The number of aromatic nitrogens is 4. The van der Waals surface area contributed by atoms with Crippen LogP contribution in [0, 0.1) is 6.07 Å². The van der Waals surface area contributed by atoms with Crippen molar-refractivity contribution in [3.63, 3.8) is 0 Å². The summed E-state index contributed by atoms with van der Waals surface area (Å²) in [6, 6.07) is 79.6. The topological polar surface area (TPSA) is 101 Å². The van der Waals surface area contributed by atoms with E-state index in [0.717, 1.165) is 112 Å². The van der Waals surface area contributed by atoms with Crippen molar-refractivity contribution < 1.29 is 31.3 Å². The second-order valence-electron chi connectivity index (χ2n) is 26.7. The van der Waals surface area contributed by atoms with Gasteiger partial charge in [0.05, 0.1) is 33.4 Å². The summed E-state index contributed by atoms with van der Waals surface area (Å²) in [6.45, 7) is 25.9. The van der Waals surface area contributed by atoms with E-state index in [1.807, 2.05) is 97.1 Å². The fourth-order valence-electron chi connectivity index (χ4n) is 11.2. The molecule has 2 heterocycles. The zero-order valence-electron chi connectivity index (χ0n) is 52.9. The molecule has 0 aliphatic rings. The third-order valence-corrected chi connectivity index (χ3v) is 16.1. The number of para-hydroxylation sites is 6. The molecule has 12 rings (SSSR count). The van der Waals surface area contributed by atoms with Gasteiger partial charge in [0.25, 0.3) is 0 Å². The number of hydrogen-bond donors (Lipinski definition) is 2. The van der Waals surface area contributed by atoms with E-state index in [9.17, 15) is 10.2 Å². The van der Waals surface area contributed by atoms with Crippen LogP contribution >= 0.6 is 0 Å². The molecule has 0 saturated heterocycles. The van der Waals surface area contributed by atoms with Crippen LogP contribution in [0.1, 0.15) is 116 Å². The van der Waals surface area contributed by atoms with Gasteiger partial charge in [-0.1, -0.05) is 216 Å². The van der Waals surface area contributed by atoms with Crippen LogP contribution < -0.4 is 0 Å². The Kier molecular flexibility index (Phi) is 18.0. The number of nitrogens with zero attached hydrogens (tertiary/aromatic N) is 6. The monoisotopic (exact) mass is 1350 g/mol. The van der Waals surface area contributed by atoms with Gasteiger partial charge in [0.2, 0.25) is 0 Å². The summed E-state index contributed by atoms with van der Waals surface area (Å²) in [5.41, 5.74) is 18.4. The van der Waals surface area contributed by atoms with E-state index in [0.29, 0.717) is 11.1 Å². The largest absolute Gasteiger partial charge is 0.507 e. The van der Waals surface area contributed by atoms with Crippen LogP contribution in [-0.4, -0.2) is 41.7 Å². The van der Waals surface area contributed by atoms with E-state index < -0.39 is 0 Å². The van der Waals surface area contributed by atoms with Gasteiger partial charge in [-0.2, -0.15) is 0 Å². The van der Waals surface area contributed by atoms with Crippen molar-refractivity contribution in [1.29, 1.82) is 0 Å². The molecule has 2 aromatic heterocycles. The first kappa shape index (κ1) is 62.8. The number of rotatable bonds is 10. The number of phenolic OH excluding ortho intramolecular Hbond substituents is 2. The smallest absolute Gasteiger partial charge is 0.147 e. The number of fused-ring (bicyclic) bond motifs is 2. The van der Waals surface area contributed by atoms with Crippen molar-refractivity contribution in [2.24, 2.45) is 9.98 Å². The minimum Gasteiger partial charge on any atom is -0.507 e. The summed E-state index contributed by atoms with van der Waals surface area (Å²) in [7, 11) is 0. The van der Waals surface area contributed by atoms with Crippen molar-refractivity contribution in [3.8, 4) is 67.9 Å². The fourth-order valence-corrected chi connectivity index (χ4v) is 11.2. The first-order valence-corrected chi connectivity index (χ1v) is 30.2. The molecule has 450 valence electrons. The first-order valence-electron chi connectivity index (χ1n) is 30.2. The maximum Gasteiger partial charge on any atom is 0.147 e. The molecule has 0 amide bonds. The van der Waals surface area contributed by atoms with E-state index in [4.69, 9.17) is 20.0 Å². The molecule has 0 atom stereocenters. The molecule has 0 fully saturated rings. The SMILES string of the molecule is CC(C)(C)c1cc(C=Nc2ccccc2-c2nc3c(-c4[c-]cccc4)cccc3n2-c2ccccc2)c(O)c(C(C)(C)C)c1.CC(C)(C)c1cc(C=Nc2ccccc2-c2nc3c(-c4ccccc4)cccc3n2-c2ccccc2)c(O)c(C(C)(C)C)c1.[Pt]. The average Bonchev–Trinajstić information content (AvgIpc) is 1.68. The predicted molar refractivity (Wildman–Crippen MR) is 368 cm³/mol. The Morgan fingerprint density at radius 1 is 0.393 bits per heavy atom. The maximum atomic E-state index is 11.4. The Morgan fingerprint density at radius 3 is 1.19 bits per heavy atom. The molecule has 0 aliphatic carbocycles. The normalized spacial score (nSPS) is 12.2. The van der Waals surface area contributed by atoms with Gasteiger partial charge in [-0.25, -0.2) is 9.97 Å². The Morgan fingerprint density at radius 2 is 0.775 bits per heavy atom. The molecular weight excluding hydrogens is 1270 g/mol. The van der Waals surface area contributed by atoms with Gasteiger partial charge in [-0.3, -0.25) is 19.1 Å². The molecule has 89 heavy (non-hydrogen) atoms. The van der Waals surface area contributed by atoms with Crippen LogP contribution in [0.5, 0.6) is 11.5 Å². The first-order chi connectivity index (χ1) is 42.0. The van der Waals surface area contributed by atoms with Crippen molar-refractivity contribution in [2.45, 2.75) is 105 Å². The Labute approximate surface area is 539 Å². The molecule has 0 aliphatic heterocycles. The van der Waals surface area contributed by atoms with Crippen molar-refractivity contribution in [1.82, 2.24) is 19.1 Å². The Balaban J connectivity index is 0.000000194. The van der Waals surface area contributed by atoms with Crippen LogP contribution in [0.15, 0.2) is 234 Å². The van der Waals surface area contributed by atoms with Crippen LogP contribution in [0.2, 0.25) is 0 Å². The van der Waals surface area contributed by atoms with Gasteiger partial charge >= 0.3 is 0 Å². The zero-order valence-corrected chi connectivity index (χ0v) is 55.2. The number of phenols is 2. The van der Waals surface area contributed by atoms with Gasteiger partial charge < -0.3 is 10.2 Å². The number of aromatic hydroxyl groups is 2. The second kappa shape index (κ2) is 25.5. The van der Waals surface area contributed by atoms with Gasteiger partial charge in [0.15, 0.2) is 0 Å². The molecule has 12 aromatic rings. The Bertz CT molecular complexity index is 4240. The molecule has 8 nitrogen and oxygen atoms in total. The van der Waals surface area contributed by atoms with Crippen molar-refractivity contribution in [3.05, 3.63) is 264 Å². The van der Waals surface area contributed by atoms with Crippen LogP contribution in [-0.2, 0) is 42.7 Å². The van der Waals surface area contributed by atoms with Crippen molar-refractivity contribution in [2.75, 3.05) is 0 Å². The zero-order chi connectivity index (χ0) is 62.1. The molecular formula is C80H77N6O2Pt-. The predicted octanol–water partition coefficient (Wildman–Crippen LogP) is 20.6. The molecule has 0 bridgehead atoms. The van der Waals surface area contributed by atoms with Crippen LogP contribution in [0.25, 0.3) is 78.5 Å². The van der Waals surface area contributed by atoms with Crippen molar-refractivity contribution >= 4 is 45.9 Å². The fraction of sp³-hybridized carbons (Fsp3) is 0.200. The summed E-state index contributed by atoms with van der Waals surface area (Å²) in [6.07, 6.45) is 3.59. The van der Waals surface area contributed by atoms with E-state index >= 15 is 0 Å². The summed E-state index contributed by atoms with van der Waals surface area (Å²) < 4.78 is 4.41. The maximum absolute atomic E-state index is 11.4. The van der Waals surface area contributed by atoms with Crippen LogP contribution in [0.4, 0.5) is 11.4 Å². The number of hydrogen-bond acceptors (Lipinski definition) is 6. The number of aliphatic imine (C=N–C) groups is 2. The molecule has 0 spiro atoms. The van der Waals surface area contributed by atoms with Gasteiger partial charge in [-0.05, 0) is 111 Å². The molecule has 2 N–H and O–H groups in total. The van der Waals surface area contributed by atoms with Crippen LogP contribution in [0.3, 0.4) is 0 Å². The summed E-state index contributed by atoms with van der Waals surface area (Å²) >= 11 is 0. The number of imidazole rings is 2. The van der Waals surface area contributed by atoms with E-state index in [1.165, 1.54) is 0 Å². The summed E-state index contributed by atoms with van der Waals surface area (Å²) in [4.78, 5) is 20.6. The van der Waals surface area contributed by atoms with Gasteiger partial charge in [0, 0.05) is 83.8 Å². The average molecular weight is 1350 g/mol. The molecule has 0 unspecified atom stereocenters. The second-order valence-corrected chi connectivity index (χ2v) is 26.7. The van der Waals surface area contributed by atoms with E-state index in [2.05, 4.69) is 226 Å². The van der Waals surface area contributed by atoms with E-state index in [1.54, 1.807) is 12.4 Å². The third kappa shape index (κ3) is 13.3. The summed E-state index contributed by atoms with van der Waals surface area (Å²) in [5, 5.41) is 22.8. The standard InChI is InChI=1S/C40H39N3O.C40H38N3O.Pt/c2*1-39(2,3)29-24-28(37(44)33(25-29)40(4,5)6)26-41-34-22-14-13-20-32(34)38-42-36-31(27-16-9-7-10-17-27)21-15-23-35(36)43(38)30-18-11-8-12-19-30;/h7-26,44H,1-6H3;7-16,18-26,44H,1-6H3;/q;-1;. The number of benzene rings is 10. The quantitative estimate of drug-likeness (QED) is 0.105.